The van der Waals surface area contributed by atoms with E-state index < -0.39 is 6.04 Å². The van der Waals surface area contributed by atoms with Gasteiger partial charge in [-0.25, -0.2) is 4.98 Å². The maximum atomic E-state index is 11.6. The van der Waals surface area contributed by atoms with Crippen LogP contribution in [0.2, 0.25) is 5.15 Å². The summed E-state index contributed by atoms with van der Waals surface area (Å²) in [7, 11) is 0. The molecule has 1 amide bonds. The van der Waals surface area contributed by atoms with Crippen molar-refractivity contribution < 1.29 is 4.79 Å². The van der Waals surface area contributed by atoms with Crippen LogP contribution in [-0.4, -0.2) is 16.9 Å². The van der Waals surface area contributed by atoms with Gasteiger partial charge in [-0.05, 0) is 18.6 Å². The molecule has 1 atom stereocenters. The molecule has 0 bridgehead atoms. The first kappa shape index (κ1) is 12.9. The highest BCUT2D eigenvalue weighted by Gasteiger charge is 2.12. The smallest absolute Gasteiger partial charge is 0.241 e. The number of carbonyl (C=O) groups excluding carboxylic acids is 1. The summed E-state index contributed by atoms with van der Waals surface area (Å²) in [5.74, 6) is -0.185. The monoisotopic (exact) mass is 241 g/mol. The molecule has 88 valence electrons. The Bertz CT molecular complexity index is 357. The Morgan fingerprint density at radius 1 is 1.69 bits per heavy atom. The zero-order valence-corrected chi connectivity index (χ0v) is 10.00. The van der Waals surface area contributed by atoms with Gasteiger partial charge in [-0.1, -0.05) is 31.4 Å². The number of nitrogens with zero attached hydrogens (tertiary/aromatic N) is 1. The topological polar surface area (TPSA) is 68.0 Å². The van der Waals surface area contributed by atoms with Gasteiger partial charge in [-0.3, -0.25) is 4.79 Å². The second kappa shape index (κ2) is 6.45. The number of unbranched alkanes of at least 4 members (excludes halogenated alkanes) is 1. The van der Waals surface area contributed by atoms with Gasteiger partial charge in [0.05, 0.1) is 6.04 Å². The van der Waals surface area contributed by atoms with Crippen molar-refractivity contribution in [3.8, 4) is 0 Å². The molecule has 0 radical (unpaired) electrons. The summed E-state index contributed by atoms with van der Waals surface area (Å²) in [6.45, 7) is 2.06. The van der Waals surface area contributed by atoms with Gasteiger partial charge in [-0.2, -0.15) is 0 Å². The van der Waals surface area contributed by atoms with Crippen LogP contribution in [0.1, 0.15) is 26.2 Å². The molecule has 1 aromatic rings. The molecule has 0 unspecified atom stereocenters. The molecule has 5 heteroatoms. The summed E-state index contributed by atoms with van der Waals surface area (Å²) in [6, 6.07) is 2.80. The quantitative estimate of drug-likeness (QED) is 0.777. The van der Waals surface area contributed by atoms with Crippen LogP contribution in [0, 0.1) is 0 Å². The molecule has 3 N–H and O–H groups in total. The first-order valence-electron chi connectivity index (χ1n) is 5.31. The number of amides is 1. The molecule has 1 heterocycles. The summed E-state index contributed by atoms with van der Waals surface area (Å²) in [5.41, 5.74) is 6.35. The normalized spacial score (nSPS) is 12.2. The molecular formula is C11H16ClN3O. The van der Waals surface area contributed by atoms with E-state index in [1.165, 1.54) is 6.20 Å². The van der Waals surface area contributed by atoms with E-state index in [0.29, 0.717) is 17.3 Å². The number of carbonyl (C=O) groups is 1. The van der Waals surface area contributed by atoms with Crippen molar-refractivity contribution in [1.82, 2.24) is 4.98 Å². The Morgan fingerprint density at radius 2 is 2.44 bits per heavy atom. The first-order chi connectivity index (χ1) is 7.63. The van der Waals surface area contributed by atoms with E-state index in [9.17, 15) is 4.79 Å². The van der Waals surface area contributed by atoms with Crippen LogP contribution in [0.15, 0.2) is 18.3 Å². The third-order valence-corrected chi connectivity index (χ3v) is 2.41. The van der Waals surface area contributed by atoms with Gasteiger partial charge < -0.3 is 11.1 Å². The SMILES string of the molecule is CCCC[C@H](N)C(=O)Nc1ccnc(Cl)c1. The molecule has 0 aliphatic rings. The van der Waals surface area contributed by atoms with E-state index in [1.54, 1.807) is 12.1 Å². The van der Waals surface area contributed by atoms with Gasteiger partial charge in [-0.15, -0.1) is 0 Å². The fourth-order valence-electron chi connectivity index (χ4n) is 1.27. The lowest BCUT2D eigenvalue weighted by atomic mass is 10.1. The van der Waals surface area contributed by atoms with Gasteiger partial charge in [0.2, 0.25) is 5.91 Å². The van der Waals surface area contributed by atoms with E-state index in [0.717, 1.165) is 12.8 Å². The van der Waals surface area contributed by atoms with E-state index >= 15 is 0 Å². The lowest BCUT2D eigenvalue weighted by molar-refractivity contribution is -0.117. The number of hydrogen-bond donors (Lipinski definition) is 2. The van der Waals surface area contributed by atoms with E-state index in [-0.39, 0.29) is 5.91 Å². The van der Waals surface area contributed by atoms with Crippen molar-refractivity contribution >= 4 is 23.2 Å². The highest BCUT2D eigenvalue weighted by atomic mass is 35.5. The second-order valence-corrected chi connectivity index (χ2v) is 3.99. The van der Waals surface area contributed by atoms with Crippen LogP contribution in [0.3, 0.4) is 0 Å². The second-order valence-electron chi connectivity index (χ2n) is 3.61. The molecule has 0 aliphatic carbocycles. The van der Waals surface area contributed by atoms with Crippen LogP contribution in [0.5, 0.6) is 0 Å². The maximum Gasteiger partial charge on any atom is 0.241 e. The standard InChI is InChI=1S/C11H16ClN3O/c1-2-3-4-9(13)11(16)15-8-5-6-14-10(12)7-8/h5-7,9H,2-4,13H2,1H3,(H,14,15,16)/t9-/m0/s1. The molecular weight excluding hydrogens is 226 g/mol. The van der Waals surface area contributed by atoms with E-state index in [2.05, 4.69) is 17.2 Å². The number of nitrogens with two attached hydrogens (primary N) is 1. The van der Waals surface area contributed by atoms with E-state index in [1.807, 2.05) is 0 Å². The minimum atomic E-state index is -0.466. The molecule has 0 fully saturated rings. The predicted molar refractivity (Wildman–Crippen MR) is 65.4 cm³/mol. The van der Waals surface area contributed by atoms with Crippen molar-refractivity contribution in [2.24, 2.45) is 5.73 Å². The zero-order chi connectivity index (χ0) is 12.0. The maximum absolute atomic E-state index is 11.6. The number of hydrogen-bond acceptors (Lipinski definition) is 3. The minimum Gasteiger partial charge on any atom is -0.325 e. The highest BCUT2D eigenvalue weighted by Crippen LogP contribution is 2.12. The summed E-state index contributed by atoms with van der Waals surface area (Å²) in [6.07, 6.45) is 4.21. The number of halogens is 1. The molecule has 0 spiro atoms. The Labute approximate surface area is 100 Å². The molecule has 0 saturated heterocycles. The summed E-state index contributed by atoms with van der Waals surface area (Å²) in [5, 5.41) is 3.05. The summed E-state index contributed by atoms with van der Waals surface area (Å²) in [4.78, 5) is 15.5. The number of pyridine rings is 1. The van der Waals surface area contributed by atoms with Gasteiger partial charge in [0.25, 0.3) is 0 Å². The molecule has 0 saturated carbocycles. The average molecular weight is 242 g/mol. The minimum absolute atomic E-state index is 0.185. The molecule has 1 rings (SSSR count). The van der Waals surface area contributed by atoms with Crippen LogP contribution in [0.25, 0.3) is 0 Å². The summed E-state index contributed by atoms with van der Waals surface area (Å²) >= 11 is 5.70. The lowest BCUT2D eigenvalue weighted by Gasteiger charge is -2.11. The van der Waals surface area contributed by atoms with Gasteiger partial charge in [0.15, 0.2) is 0 Å². The Balaban J connectivity index is 2.50. The first-order valence-corrected chi connectivity index (χ1v) is 5.69. The van der Waals surface area contributed by atoms with Crippen molar-refractivity contribution in [2.45, 2.75) is 32.2 Å². The molecule has 0 aliphatic heterocycles. The molecule has 16 heavy (non-hydrogen) atoms. The van der Waals surface area contributed by atoms with Gasteiger partial charge in [0.1, 0.15) is 5.15 Å². The fourth-order valence-corrected chi connectivity index (χ4v) is 1.44. The molecule has 4 nitrogen and oxygen atoms in total. The Kier molecular flexibility index (Phi) is 5.22. The number of nitrogens with one attached hydrogen (secondary N) is 1. The van der Waals surface area contributed by atoms with Crippen molar-refractivity contribution in [3.63, 3.8) is 0 Å². The van der Waals surface area contributed by atoms with Crippen LogP contribution in [0.4, 0.5) is 5.69 Å². The van der Waals surface area contributed by atoms with Gasteiger partial charge in [0, 0.05) is 11.9 Å². The van der Waals surface area contributed by atoms with Crippen molar-refractivity contribution in [2.75, 3.05) is 5.32 Å². The third-order valence-electron chi connectivity index (χ3n) is 2.20. The molecule has 0 aromatic carbocycles. The van der Waals surface area contributed by atoms with Crippen molar-refractivity contribution in [3.05, 3.63) is 23.5 Å². The number of aromatic nitrogens is 1. The Hall–Kier alpha value is -1.13. The lowest BCUT2D eigenvalue weighted by Crippen LogP contribution is -2.35. The summed E-state index contributed by atoms with van der Waals surface area (Å²) < 4.78 is 0. The predicted octanol–water partition coefficient (Wildman–Crippen LogP) is 2.19. The number of anilines is 1. The fraction of sp³-hybridized carbons (Fsp3) is 0.455. The van der Waals surface area contributed by atoms with Crippen LogP contribution < -0.4 is 11.1 Å². The number of rotatable bonds is 5. The van der Waals surface area contributed by atoms with Crippen LogP contribution in [-0.2, 0) is 4.79 Å². The third kappa shape index (κ3) is 4.16. The van der Waals surface area contributed by atoms with E-state index in [4.69, 9.17) is 17.3 Å². The Morgan fingerprint density at radius 3 is 3.06 bits per heavy atom. The van der Waals surface area contributed by atoms with Gasteiger partial charge >= 0.3 is 0 Å². The average Bonchev–Trinajstić information content (AvgIpc) is 2.25. The largest absolute Gasteiger partial charge is 0.325 e. The van der Waals surface area contributed by atoms with Crippen LogP contribution >= 0.6 is 11.6 Å². The highest BCUT2D eigenvalue weighted by molar-refractivity contribution is 6.29. The molecule has 1 aromatic heterocycles. The van der Waals surface area contributed by atoms with Crippen molar-refractivity contribution in [1.29, 1.82) is 0 Å². The zero-order valence-electron chi connectivity index (χ0n) is 9.24.